The number of imidazole rings is 1. The van der Waals surface area contributed by atoms with Crippen LogP contribution in [0.15, 0.2) is 85.4 Å². The lowest BCUT2D eigenvalue weighted by atomic mass is 10.0. The van der Waals surface area contributed by atoms with Crippen LogP contribution < -0.4 is 0 Å². The van der Waals surface area contributed by atoms with Gasteiger partial charge in [-0.1, -0.05) is 67.2 Å². The Labute approximate surface area is 135 Å². The van der Waals surface area contributed by atoms with E-state index in [1.807, 2.05) is 30.3 Å². The summed E-state index contributed by atoms with van der Waals surface area (Å²) in [6.45, 7) is 3.93. The Kier molecular flexibility index (Phi) is 3.28. The van der Waals surface area contributed by atoms with Crippen molar-refractivity contribution in [1.29, 1.82) is 0 Å². The lowest BCUT2D eigenvalue weighted by Gasteiger charge is -2.07. The molecule has 1 aromatic heterocycles. The molecule has 0 N–H and O–H groups in total. The summed E-state index contributed by atoms with van der Waals surface area (Å²) in [5, 5.41) is 0. The van der Waals surface area contributed by atoms with Gasteiger partial charge in [0, 0.05) is 11.3 Å². The zero-order valence-corrected chi connectivity index (χ0v) is 12.7. The Morgan fingerprint density at radius 1 is 0.783 bits per heavy atom. The molecule has 0 saturated heterocycles. The number of rotatable bonds is 3. The summed E-state index contributed by atoms with van der Waals surface area (Å²) in [6, 6.07) is 26.9. The Morgan fingerprint density at radius 3 is 2.17 bits per heavy atom. The van der Waals surface area contributed by atoms with Crippen LogP contribution in [-0.4, -0.2) is 9.55 Å². The number of para-hydroxylation sites is 2. The first kappa shape index (κ1) is 13.5. The molecule has 0 fully saturated rings. The van der Waals surface area contributed by atoms with Crippen molar-refractivity contribution in [3.8, 4) is 16.8 Å². The first-order valence-electron chi connectivity index (χ1n) is 7.63. The fraction of sp³-hybridized carbons (Fsp3) is 0. The normalized spacial score (nSPS) is 10.8. The van der Waals surface area contributed by atoms with Crippen molar-refractivity contribution in [2.45, 2.75) is 0 Å². The van der Waals surface area contributed by atoms with Crippen LogP contribution in [0.2, 0.25) is 0 Å². The number of hydrogen-bond donors (Lipinski definition) is 0. The minimum Gasteiger partial charge on any atom is -0.293 e. The molecule has 3 aromatic carbocycles. The first-order valence-corrected chi connectivity index (χ1v) is 7.63. The SMILES string of the molecule is C=Cc1nc2c(-c3ccccc3)cccc2n1-c1ccccc1. The van der Waals surface area contributed by atoms with Crippen LogP contribution in [0.1, 0.15) is 5.82 Å². The van der Waals surface area contributed by atoms with Gasteiger partial charge in [0.15, 0.2) is 0 Å². The van der Waals surface area contributed by atoms with E-state index < -0.39 is 0 Å². The standard InChI is InChI=1S/C21H16N2/c1-2-20-22-21-18(16-10-5-3-6-11-16)14-9-15-19(21)23(20)17-12-7-4-8-13-17/h2-15H,1H2. The van der Waals surface area contributed by atoms with Crippen LogP contribution >= 0.6 is 0 Å². The molecule has 4 rings (SSSR count). The van der Waals surface area contributed by atoms with Gasteiger partial charge in [0.25, 0.3) is 0 Å². The second kappa shape index (κ2) is 5.58. The van der Waals surface area contributed by atoms with Crippen molar-refractivity contribution in [3.05, 3.63) is 91.3 Å². The van der Waals surface area contributed by atoms with Gasteiger partial charge in [-0.15, -0.1) is 0 Å². The molecule has 0 atom stereocenters. The molecule has 0 bridgehead atoms. The molecule has 0 radical (unpaired) electrons. The van der Waals surface area contributed by atoms with Gasteiger partial charge in [0.2, 0.25) is 0 Å². The summed E-state index contributed by atoms with van der Waals surface area (Å²) in [5.74, 6) is 0.856. The average molecular weight is 296 g/mol. The van der Waals surface area contributed by atoms with Crippen LogP contribution in [0.25, 0.3) is 33.9 Å². The maximum absolute atomic E-state index is 4.83. The zero-order chi connectivity index (χ0) is 15.6. The Bertz CT molecular complexity index is 967. The van der Waals surface area contributed by atoms with Crippen molar-refractivity contribution in [2.24, 2.45) is 0 Å². The van der Waals surface area contributed by atoms with E-state index in [0.29, 0.717) is 0 Å². The summed E-state index contributed by atoms with van der Waals surface area (Å²) in [7, 11) is 0. The van der Waals surface area contributed by atoms with Crippen molar-refractivity contribution in [3.63, 3.8) is 0 Å². The highest BCUT2D eigenvalue weighted by Gasteiger charge is 2.13. The van der Waals surface area contributed by atoms with Crippen molar-refractivity contribution in [2.75, 3.05) is 0 Å². The Hall–Kier alpha value is -3.13. The number of hydrogen-bond acceptors (Lipinski definition) is 1. The molecular formula is C21H16N2. The second-order valence-electron chi connectivity index (χ2n) is 5.38. The summed E-state index contributed by atoms with van der Waals surface area (Å²) in [5.41, 5.74) is 5.49. The molecule has 0 unspecified atom stereocenters. The van der Waals surface area contributed by atoms with Gasteiger partial charge >= 0.3 is 0 Å². The third-order valence-electron chi connectivity index (χ3n) is 3.99. The molecule has 0 aliphatic heterocycles. The van der Waals surface area contributed by atoms with Crippen LogP contribution in [0.3, 0.4) is 0 Å². The lowest BCUT2D eigenvalue weighted by Crippen LogP contribution is -1.96. The van der Waals surface area contributed by atoms with Gasteiger partial charge in [-0.3, -0.25) is 4.57 Å². The molecule has 2 heteroatoms. The van der Waals surface area contributed by atoms with Crippen molar-refractivity contribution >= 4 is 17.1 Å². The maximum Gasteiger partial charge on any atom is 0.137 e. The van der Waals surface area contributed by atoms with E-state index in [-0.39, 0.29) is 0 Å². The fourth-order valence-electron chi connectivity index (χ4n) is 2.95. The molecule has 0 spiro atoms. The van der Waals surface area contributed by atoms with Gasteiger partial charge in [-0.05, 0) is 29.8 Å². The minimum absolute atomic E-state index is 0.856. The number of benzene rings is 3. The first-order chi connectivity index (χ1) is 11.4. The van der Waals surface area contributed by atoms with E-state index >= 15 is 0 Å². The molecule has 1 heterocycles. The van der Waals surface area contributed by atoms with E-state index in [2.05, 4.69) is 65.7 Å². The van der Waals surface area contributed by atoms with Crippen LogP contribution in [0.5, 0.6) is 0 Å². The Balaban J connectivity index is 2.04. The maximum atomic E-state index is 4.83. The molecule has 0 amide bonds. The smallest absolute Gasteiger partial charge is 0.137 e. The fourth-order valence-corrected chi connectivity index (χ4v) is 2.95. The minimum atomic E-state index is 0.856. The second-order valence-corrected chi connectivity index (χ2v) is 5.38. The predicted molar refractivity (Wildman–Crippen MR) is 96.6 cm³/mol. The highest BCUT2D eigenvalue weighted by atomic mass is 15.1. The quantitative estimate of drug-likeness (QED) is 0.499. The molecule has 0 saturated carbocycles. The summed E-state index contributed by atoms with van der Waals surface area (Å²) in [6.07, 6.45) is 1.81. The van der Waals surface area contributed by atoms with E-state index in [0.717, 1.165) is 28.1 Å². The predicted octanol–water partition coefficient (Wildman–Crippen LogP) is 5.34. The number of nitrogens with zero attached hydrogens (tertiary/aromatic N) is 2. The molecule has 23 heavy (non-hydrogen) atoms. The van der Waals surface area contributed by atoms with Gasteiger partial charge in [0.05, 0.1) is 11.0 Å². The summed E-state index contributed by atoms with van der Waals surface area (Å²) < 4.78 is 2.15. The highest BCUT2D eigenvalue weighted by molar-refractivity contribution is 5.94. The average Bonchev–Trinajstić information content (AvgIpc) is 3.02. The van der Waals surface area contributed by atoms with Gasteiger partial charge in [0.1, 0.15) is 5.82 Å². The molecule has 0 aliphatic carbocycles. The number of fused-ring (bicyclic) bond motifs is 1. The monoisotopic (exact) mass is 296 g/mol. The van der Waals surface area contributed by atoms with Crippen molar-refractivity contribution in [1.82, 2.24) is 9.55 Å². The highest BCUT2D eigenvalue weighted by Crippen LogP contribution is 2.30. The zero-order valence-electron chi connectivity index (χ0n) is 12.7. The molecule has 110 valence electrons. The van der Waals surface area contributed by atoms with E-state index in [1.54, 1.807) is 0 Å². The van der Waals surface area contributed by atoms with E-state index in [1.165, 1.54) is 5.56 Å². The third kappa shape index (κ3) is 2.25. The van der Waals surface area contributed by atoms with E-state index in [4.69, 9.17) is 4.98 Å². The van der Waals surface area contributed by atoms with E-state index in [9.17, 15) is 0 Å². The topological polar surface area (TPSA) is 17.8 Å². The van der Waals surface area contributed by atoms with Gasteiger partial charge in [-0.25, -0.2) is 4.98 Å². The molecule has 2 nitrogen and oxygen atoms in total. The van der Waals surface area contributed by atoms with Crippen molar-refractivity contribution < 1.29 is 0 Å². The van der Waals surface area contributed by atoms with Gasteiger partial charge in [-0.2, -0.15) is 0 Å². The Morgan fingerprint density at radius 2 is 1.48 bits per heavy atom. The molecular weight excluding hydrogens is 280 g/mol. The van der Waals surface area contributed by atoms with Crippen LogP contribution in [-0.2, 0) is 0 Å². The third-order valence-corrected chi connectivity index (χ3v) is 3.99. The summed E-state index contributed by atoms with van der Waals surface area (Å²) in [4.78, 5) is 4.83. The van der Waals surface area contributed by atoms with Crippen LogP contribution in [0, 0.1) is 0 Å². The molecule has 0 aliphatic rings. The number of aromatic nitrogens is 2. The largest absolute Gasteiger partial charge is 0.293 e. The lowest BCUT2D eigenvalue weighted by molar-refractivity contribution is 1.07. The van der Waals surface area contributed by atoms with Gasteiger partial charge < -0.3 is 0 Å². The summed E-state index contributed by atoms with van der Waals surface area (Å²) >= 11 is 0. The molecule has 4 aromatic rings. The van der Waals surface area contributed by atoms with Crippen LogP contribution in [0.4, 0.5) is 0 Å².